The number of halogens is 1. The van der Waals surface area contributed by atoms with Crippen molar-refractivity contribution in [2.24, 2.45) is 5.92 Å². The van der Waals surface area contributed by atoms with Gasteiger partial charge in [-0.25, -0.2) is 0 Å². The molecule has 4 nitrogen and oxygen atoms in total. The van der Waals surface area contributed by atoms with E-state index in [1.807, 2.05) is 18.4 Å². The van der Waals surface area contributed by atoms with Crippen LogP contribution in [0.2, 0.25) is 5.02 Å². The van der Waals surface area contributed by atoms with Crippen LogP contribution in [-0.2, 0) is 16.0 Å². The number of carboxylic acid groups (broad SMARTS) is 1. The third-order valence-electron chi connectivity index (χ3n) is 3.76. The average molecular weight is 316 g/mol. The molecular weight excluding hydrogens is 298 g/mol. The van der Waals surface area contributed by atoms with Crippen LogP contribution < -0.4 is 0 Å². The zero-order valence-electron chi connectivity index (χ0n) is 11.3. The normalized spacial score (nSPS) is 22.8. The molecule has 0 spiro atoms. The Hall–Kier alpha value is -1.07. The van der Waals surface area contributed by atoms with Crippen molar-refractivity contribution in [3.63, 3.8) is 0 Å². The molecule has 1 amide bonds. The van der Waals surface area contributed by atoms with E-state index in [2.05, 4.69) is 0 Å². The first-order chi connectivity index (χ1) is 9.47. The fourth-order valence-corrected chi connectivity index (χ4v) is 3.59. The van der Waals surface area contributed by atoms with Crippen molar-refractivity contribution in [2.45, 2.75) is 38.6 Å². The number of carbonyl (C=O) groups excluding carboxylic acids is 1. The molecule has 1 aromatic rings. The minimum Gasteiger partial charge on any atom is -0.481 e. The standard InChI is InChI=1S/C14H18ClNO3S/c1-9-2-3-10(14(18)19)7-16(9)13(17)5-4-12-6-11(15)8-20-12/h6,8-10H,2-5,7H2,1H3,(H,18,19). The predicted molar refractivity (Wildman–Crippen MR) is 79.2 cm³/mol. The molecule has 0 radical (unpaired) electrons. The van der Waals surface area contributed by atoms with Crippen molar-refractivity contribution in [2.75, 3.05) is 6.54 Å². The second-order valence-corrected chi connectivity index (χ2v) is 6.67. The van der Waals surface area contributed by atoms with Gasteiger partial charge in [0.05, 0.1) is 10.9 Å². The first-order valence-electron chi connectivity index (χ1n) is 6.72. The predicted octanol–water partition coefficient (Wildman–Crippen LogP) is 3.05. The molecule has 1 aliphatic rings. The highest BCUT2D eigenvalue weighted by Crippen LogP contribution is 2.24. The Labute approximate surface area is 127 Å². The van der Waals surface area contributed by atoms with Gasteiger partial charge in [-0.2, -0.15) is 0 Å². The van der Waals surface area contributed by atoms with Crippen LogP contribution in [0.3, 0.4) is 0 Å². The first-order valence-corrected chi connectivity index (χ1v) is 7.98. The second kappa shape index (κ2) is 6.59. The molecular formula is C14H18ClNO3S. The van der Waals surface area contributed by atoms with E-state index in [-0.39, 0.29) is 11.9 Å². The topological polar surface area (TPSA) is 57.6 Å². The van der Waals surface area contributed by atoms with Crippen LogP contribution in [-0.4, -0.2) is 34.5 Å². The number of hydrogen-bond acceptors (Lipinski definition) is 3. The number of carboxylic acids is 1. The van der Waals surface area contributed by atoms with Gasteiger partial charge >= 0.3 is 5.97 Å². The lowest BCUT2D eigenvalue weighted by Crippen LogP contribution is -2.47. The van der Waals surface area contributed by atoms with E-state index in [0.29, 0.717) is 30.8 Å². The number of nitrogens with zero attached hydrogens (tertiary/aromatic N) is 1. The molecule has 0 saturated carbocycles. The quantitative estimate of drug-likeness (QED) is 0.929. The number of thiophene rings is 1. The van der Waals surface area contributed by atoms with Crippen molar-refractivity contribution in [1.82, 2.24) is 4.90 Å². The summed E-state index contributed by atoms with van der Waals surface area (Å²) in [5.41, 5.74) is 0. The van der Waals surface area contributed by atoms with E-state index < -0.39 is 11.9 Å². The van der Waals surface area contributed by atoms with E-state index in [1.165, 1.54) is 0 Å². The molecule has 1 fully saturated rings. The van der Waals surface area contributed by atoms with E-state index in [4.69, 9.17) is 16.7 Å². The van der Waals surface area contributed by atoms with Gasteiger partial charge in [-0.05, 0) is 32.3 Å². The number of piperidine rings is 1. The van der Waals surface area contributed by atoms with Crippen molar-refractivity contribution in [1.29, 1.82) is 0 Å². The van der Waals surface area contributed by atoms with Crippen molar-refractivity contribution >= 4 is 34.8 Å². The summed E-state index contributed by atoms with van der Waals surface area (Å²) in [7, 11) is 0. The van der Waals surface area contributed by atoms with E-state index in [0.717, 1.165) is 11.3 Å². The van der Waals surface area contributed by atoms with Crippen LogP contribution in [0.5, 0.6) is 0 Å². The summed E-state index contributed by atoms with van der Waals surface area (Å²) in [6.45, 7) is 2.32. The van der Waals surface area contributed by atoms with E-state index >= 15 is 0 Å². The fraction of sp³-hybridized carbons (Fsp3) is 0.571. The Morgan fingerprint density at radius 2 is 2.25 bits per heavy atom. The molecule has 6 heteroatoms. The summed E-state index contributed by atoms with van der Waals surface area (Å²) >= 11 is 7.40. The van der Waals surface area contributed by atoms with Gasteiger partial charge in [0, 0.05) is 29.3 Å². The Bertz CT molecular complexity index is 502. The van der Waals surface area contributed by atoms with Gasteiger partial charge in [0.25, 0.3) is 0 Å². The van der Waals surface area contributed by atoms with Crippen LogP contribution in [0.4, 0.5) is 0 Å². The zero-order chi connectivity index (χ0) is 14.7. The maximum absolute atomic E-state index is 12.3. The Kier molecular flexibility index (Phi) is 5.05. The molecule has 110 valence electrons. The van der Waals surface area contributed by atoms with Gasteiger partial charge in [0.15, 0.2) is 0 Å². The lowest BCUT2D eigenvalue weighted by atomic mass is 9.93. The smallest absolute Gasteiger partial charge is 0.308 e. The number of hydrogen-bond donors (Lipinski definition) is 1. The maximum atomic E-state index is 12.3. The van der Waals surface area contributed by atoms with Crippen LogP contribution in [0, 0.1) is 5.92 Å². The highest BCUT2D eigenvalue weighted by molar-refractivity contribution is 7.10. The number of aliphatic carboxylic acids is 1. The van der Waals surface area contributed by atoms with Gasteiger partial charge in [-0.3, -0.25) is 9.59 Å². The van der Waals surface area contributed by atoms with Gasteiger partial charge in [-0.1, -0.05) is 11.6 Å². The molecule has 2 rings (SSSR count). The lowest BCUT2D eigenvalue weighted by Gasteiger charge is -2.36. The molecule has 0 aliphatic carbocycles. The summed E-state index contributed by atoms with van der Waals surface area (Å²) in [5, 5.41) is 11.6. The van der Waals surface area contributed by atoms with Gasteiger partial charge < -0.3 is 10.0 Å². The monoisotopic (exact) mass is 315 g/mol. The summed E-state index contributed by atoms with van der Waals surface area (Å²) in [6.07, 6.45) is 2.49. The van der Waals surface area contributed by atoms with Crippen molar-refractivity contribution in [3.8, 4) is 0 Å². The SMILES string of the molecule is CC1CCC(C(=O)O)CN1C(=O)CCc1cc(Cl)cs1. The molecule has 1 aliphatic heterocycles. The molecule has 2 atom stereocenters. The number of carbonyl (C=O) groups is 2. The third kappa shape index (κ3) is 3.73. The summed E-state index contributed by atoms with van der Waals surface area (Å²) in [6, 6.07) is 2.00. The zero-order valence-corrected chi connectivity index (χ0v) is 12.9. The number of aryl methyl sites for hydroxylation is 1. The first kappa shape index (κ1) is 15.3. The summed E-state index contributed by atoms with van der Waals surface area (Å²) in [5.74, 6) is -1.20. The average Bonchev–Trinajstić information content (AvgIpc) is 2.82. The lowest BCUT2D eigenvalue weighted by molar-refractivity contribution is -0.147. The fourth-order valence-electron chi connectivity index (χ4n) is 2.51. The van der Waals surface area contributed by atoms with Gasteiger partial charge in [-0.15, -0.1) is 11.3 Å². The Morgan fingerprint density at radius 1 is 1.50 bits per heavy atom. The molecule has 0 bridgehead atoms. The Morgan fingerprint density at radius 3 is 2.85 bits per heavy atom. The molecule has 1 N–H and O–H groups in total. The molecule has 2 unspecified atom stereocenters. The minimum atomic E-state index is -0.806. The van der Waals surface area contributed by atoms with Crippen LogP contribution in [0.1, 0.15) is 31.1 Å². The molecule has 1 aromatic heterocycles. The van der Waals surface area contributed by atoms with Crippen LogP contribution >= 0.6 is 22.9 Å². The van der Waals surface area contributed by atoms with Crippen molar-refractivity contribution in [3.05, 3.63) is 21.3 Å². The highest BCUT2D eigenvalue weighted by atomic mass is 35.5. The highest BCUT2D eigenvalue weighted by Gasteiger charge is 2.32. The van der Waals surface area contributed by atoms with E-state index in [9.17, 15) is 9.59 Å². The largest absolute Gasteiger partial charge is 0.481 e. The third-order valence-corrected chi connectivity index (χ3v) is 5.10. The van der Waals surface area contributed by atoms with Crippen molar-refractivity contribution < 1.29 is 14.7 Å². The molecule has 2 heterocycles. The van der Waals surface area contributed by atoms with Crippen LogP contribution in [0.25, 0.3) is 0 Å². The number of likely N-dealkylation sites (tertiary alicyclic amines) is 1. The van der Waals surface area contributed by atoms with Gasteiger partial charge in [0.1, 0.15) is 0 Å². The molecule has 1 saturated heterocycles. The summed E-state index contributed by atoms with van der Waals surface area (Å²) < 4.78 is 0. The van der Waals surface area contributed by atoms with Crippen LogP contribution in [0.15, 0.2) is 11.4 Å². The molecule has 0 aromatic carbocycles. The number of amides is 1. The minimum absolute atomic E-state index is 0.0352. The van der Waals surface area contributed by atoms with E-state index in [1.54, 1.807) is 16.2 Å². The second-order valence-electron chi connectivity index (χ2n) is 5.24. The summed E-state index contributed by atoms with van der Waals surface area (Å²) in [4.78, 5) is 26.1. The maximum Gasteiger partial charge on any atom is 0.308 e. The number of rotatable bonds is 4. The molecule has 20 heavy (non-hydrogen) atoms. The van der Waals surface area contributed by atoms with Gasteiger partial charge in [0.2, 0.25) is 5.91 Å². The Balaban J connectivity index is 1.91.